The highest BCUT2D eigenvalue weighted by Gasteiger charge is 2.56. The Kier molecular flexibility index (Phi) is 15.0. The summed E-state index contributed by atoms with van der Waals surface area (Å²) in [4.78, 5) is 16.9. The first-order valence-corrected chi connectivity index (χ1v) is 16.3. The fraction of sp³-hybridized carbons (Fsp3) is 0.941. The van der Waals surface area contributed by atoms with E-state index in [0.29, 0.717) is 0 Å². The molecule has 2 fully saturated rings. The molecule has 2 rings (SSSR count). The molecule has 2 aliphatic rings. The van der Waals surface area contributed by atoms with E-state index in [1.807, 2.05) is 0 Å². The van der Waals surface area contributed by atoms with Crippen LogP contribution in [0.15, 0.2) is 0 Å². The number of carbonyl (C=O) groups excluding carboxylic acids is 1. The molecule has 0 radical (unpaired) electrons. The molecule has 0 amide bonds. The Morgan fingerprint density at radius 3 is 1.89 bits per heavy atom. The normalized spacial score (nSPS) is 33.6. The number of hydrogen-bond acceptors (Lipinski definition) is 21. The Hall–Kier alpha value is -0.930. The smallest absolute Gasteiger partial charge is 0.397 e. The van der Waals surface area contributed by atoms with Crippen molar-refractivity contribution in [2.75, 3.05) is 35.0 Å². The summed E-state index contributed by atoms with van der Waals surface area (Å²) in [6.45, 7) is 0.234. The van der Waals surface area contributed by atoms with Crippen LogP contribution in [-0.4, -0.2) is 135 Å². The summed E-state index contributed by atoms with van der Waals surface area (Å²) in [5.41, 5.74) is 0. The van der Waals surface area contributed by atoms with Gasteiger partial charge in [-0.05, 0) is 0 Å². The van der Waals surface area contributed by atoms with E-state index < -0.39 is 105 Å². The number of hydrogen-bond donors (Lipinski definition) is 3. The van der Waals surface area contributed by atoms with Gasteiger partial charge in [0.2, 0.25) is 0 Å². The molecule has 2 heterocycles. The average molecular weight is 731 g/mol. The molecule has 0 saturated carbocycles. The van der Waals surface area contributed by atoms with Crippen LogP contribution in [0.5, 0.6) is 0 Å². The number of carbonyl (C=O) groups is 1. The molecule has 0 spiro atoms. The topological polar surface area (TPSA) is 300 Å². The Morgan fingerprint density at radius 1 is 0.773 bits per heavy atom. The highest BCUT2D eigenvalue weighted by atomic mass is 32.3. The van der Waals surface area contributed by atoms with Gasteiger partial charge in [-0.1, -0.05) is 12.0 Å². The second-order valence-electron chi connectivity index (χ2n) is 8.51. The van der Waals surface area contributed by atoms with Gasteiger partial charge in [0.05, 0.1) is 26.9 Å². The minimum atomic E-state index is -5.52. The minimum absolute atomic E-state index is 0.200. The minimum Gasteiger partial charge on any atom is -0.467 e. The van der Waals surface area contributed by atoms with Crippen molar-refractivity contribution in [3.63, 3.8) is 0 Å². The van der Waals surface area contributed by atoms with Crippen LogP contribution in [0.25, 0.3) is 0 Å². The van der Waals surface area contributed by atoms with Crippen molar-refractivity contribution in [1.29, 1.82) is 0 Å². The van der Waals surface area contributed by atoms with Gasteiger partial charge in [0.25, 0.3) is 0 Å². The molecule has 44 heavy (non-hydrogen) atoms. The summed E-state index contributed by atoms with van der Waals surface area (Å²) >= 11 is 0.200. The predicted molar refractivity (Wildman–Crippen MR) is 133 cm³/mol. The first-order chi connectivity index (χ1) is 20.4. The zero-order valence-corrected chi connectivity index (χ0v) is 26.4. The molecule has 0 aromatic heterocycles. The molecule has 10 atom stereocenters. The van der Waals surface area contributed by atoms with Gasteiger partial charge >= 0.3 is 37.2 Å². The maximum absolute atomic E-state index is 12.6. The molecule has 0 aliphatic carbocycles. The Labute approximate surface area is 255 Å². The van der Waals surface area contributed by atoms with E-state index in [1.165, 1.54) is 14.0 Å². The van der Waals surface area contributed by atoms with Gasteiger partial charge in [-0.2, -0.15) is 25.3 Å². The van der Waals surface area contributed by atoms with E-state index in [2.05, 4.69) is 26.8 Å². The molecule has 27 heteroatoms. The lowest BCUT2D eigenvalue weighted by Gasteiger charge is -2.47. The van der Waals surface area contributed by atoms with Crippen molar-refractivity contribution < 1.29 is 103 Å². The number of rotatable bonds is 17. The predicted octanol–water partition coefficient (Wildman–Crippen LogP) is -2.05. The van der Waals surface area contributed by atoms with E-state index in [9.17, 15) is 39.2 Å². The van der Waals surface area contributed by atoms with Crippen molar-refractivity contribution in [1.82, 2.24) is 0 Å². The van der Waals surface area contributed by atoms with Crippen LogP contribution >= 0.6 is 12.3 Å². The molecular weight excluding hydrogens is 700 g/mol. The van der Waals surface area contributed by atoms with Gasteiger partial charge in [0.15, 0.2) is 37.1 Å². The second kappa shape index (κ2) is 16.8. The highest BCUT2D eigenvalue weighted by molar-refractivity contribution is 7.89. The van der Waals surface area contributed by atoms with E-state index in [0.717, 1.165) is 21.3 Å². The summed E-state index contributed by atoms with van der Waals surface area (Å²) in [5.74, 6) is -2.08. The molecule has 23 nitrogen and oxygen atoms in total. The van der Waals surface area contributed by atoms with Gasteiger partial charge in [-0.25, -0.2) is 22.2 Å². The maximum atomic E-state index is 12.6. The molecule has 2 saturated heterocycles. The SMILES string of the molecule is COOOSO[C@H]1C(C(=O)OC)O[C@@H](O[C@H]2C(OS(=O)(=O)O)C(OS(=O)(=O)O)[C@@H](OC)O[C@@H]2COS(=O)(=O)O)C(C)[C@H]1OC. The van der Waals surface area contributed by atoms with E-state index >= 15 is 0 Å². The second-order valence-corrected chi connectivity index (χ2v) is 12.2. The van der Waals surface area contributed by atoms with Crippen LogP contribution in [-0.2, 0) is 95.4 Å². The zero-order chi connectivity index (χ0) is 33.5. The largest absolute Gasteiger partial charge is 0.467 e. The zero-order valence-electron chi connectivity index (χ0n) is 23.1. The van der Waals surface area contributed by atoms with Gasteiger partial charge in [-0.3, -0.25) is 17.8 Å². The molecule has 2 aliphatic heterocycles. The Morgan fingerprint density at radius 2 is 1.39 bits per heavy atom. The van der Waals surface area contributed by atoms with E-state index in [-0.39, 0.29) is 12.3 Å². The van der Waals surface area contributed by atoms with E-state index in [4.69, 9.17) is 37.2 Å². The van der Waals surface area contributed by atoms with Crippen molar-refractivity contribution in [2.45, 2.75) is 62.2 Å². The molecule has 3 N–H and O–H groups in total. The van der Waals surface area contributed by atoms with Crippen LogP contribution in [0.1, 0.15) is 6.92 Å². The monoisotopic (exact) mass is 730 g/mol. The third-order valence-electron chi connectivity index (χ3n) is 5.79. The Bertz CT molecular complexity index is 1240. The van der Waals surface area contributed by atoms with Crippen molar-refractivity contribution >= 4 is 49.5 Å². The highest BCUT2D eigenvalue weighted by Crippen LogP contribution is 2.37. The Balaban J connectivity index is 2.58. The van der Waals surface area contributed by atoms with Crippen molar-refractivity contribution in [3.05, 3.63) is 0 Å². The van der Waals surface area contributed by atoms with Crippen LogP contribution in [0, 0.1) is 5.92 Å². The fourth-order valence-corrected chi connectivity index (χ4v) is 5.85. The van der Waals surface area contributed by atoms with Gasteiger partial charge in [0.1, 0.15) is 24.4 Å². The van der Waals surface area contributed by atoms with Gasteiger partial charge < -0.3 is 28.4 Å². The quantitative estimate of drug-likeness (QED) is 0.0362. The molecule has 0 bridgehead atoms. The average Bonchev–Trinajstić information content (AvgIpc) is 2.91. The number of ether oxygens (including phenoxy) is 6. The maximum Gasteiger partial charge on any atom is 0.397 e. The fourth-order valence-electron chi connectivity index (χ4n) is 4.16. The number of methoxy groups -OCH3 is 3. The summed E-state index contributed by atoms with van der Waals surface area (Å²) in [7, 11) is -11.9. The van der Waals surface area contributed by atoms with E-state index in [1.54, 1.807) is 0 Å². The lowest BCUT2D eigenvalue weighted by atomic mass is 9.91. The van der Waals surface area contributed by atoms with Crippen LogP contribution in [0.4, 0.5) is 0 Å². The van der Waals surface area contributed by atoms with Crippen LogP contribution in [0.3, 0.4) is 0 Å². The van der Waals surface area contributed by atoms with Crippen LogP contribution in [0.2, 0.25) is 0 Å². The molecule has 260 valence electrons. The van der Waals surface area contributed by atoms with Crippen LogP contribution < -0.4 is 0 Å². The summed E-state index contributed by atoms with van der Waals surface area (Å²) in [6, 6.07) is 0. The lowest BCUT2D eigenvalue weighted by Crippen LogP contribution is -2.65. The molecule has 0 aromatic carbocycles. The summed E-state index contributed by atoms with van der Waals surface area (Å²) in [6.07, 6.45) is -16.5. The molecule has 0 aromatic rings. The van der Waals surface area contributed by atoms with Gasteiger partial charge in [0, 0.05) is 20.1 Å². The third kappa shape index (κ3) is 11.7. The van der Waals surface area contributed by atoms with Gasteiger partial charge in [-0.15, -0.1) is 4.33 Å². The molecular formula is C17H30O23S4. The lowest BCUT2D eigenvalue weighted by molar-refractivity contribution is -0.450. The first-order valence-electron chi connectivity index (χ1n) is 11.6. The third-order valence-corrected chi connectivity index (χ3v) is 7.57. The standard InChI is InChI=1S/C17H30O23S4/c1-7-9(28-2)11(36-41-40-39-31-5)13(15(18)29-3)35-16(7)34-10-8(6-32-42(19,20)21)33-17(30-4)14(38-44(25,26)27)12(10)37-43(22,23)24/h7-14,16-17H,6H2,1-5H3,(H,19,20,21)(H,22,23,24)(H,25,26,27)/t7?,8-,9-,10-,11-,12?,13?,14?,16-,17+/m1/s1. The summed E-state index contributed by atoms with van der Waals surface area (Å²) in [5, 5.41) is 4.20. The summed E-state index contributed by atoms with van der Waals surface area (Å²) < 4.78 is 153. The molecule has 4 unspecified atom stereocenters. The van der Waals surface area contributed by atoms with Crippen molar-refractivity contribution in [2.24, 2.45) is 5.92 Å². The van der Waals surface area contributed by atoms with Crippen molar-refractivity contribution in [3.8, 4) is 0 Å². The first kappa shape index (κ1) is 39.2. The number of esters is 1.